The largest absolute Gasteiger partial charge is 0.396 e. The summed E-state index contributed by atoms with van der Waals surface area (Å²) < 4.78 is 1.87. The molecule has 0 aliphatic carbocycles. The van der Waals surface area contributed by atoms with E-state index in [9.17, 15) is 4.79 Å². The highest BCUT2D eigenvalue weighted by atomic mass is 16.3. The normalized spacial score (nSPS) is 29.9. The van der Waals surface area contributed by atoms with E-state index in [2.05, 4.69) is 20.5 Å². The number of aromatic nitrogens is 3. The highest BCUT2D eigenvalue weighted by molar-refractivity contribution is 5.79. The summed E-state index contributed by atoms with van der Waals surface area (Å²) in [5.74, 6) is 0.811. The number of hydrogen-bond donors (Lipinski definition) is 2. The van der Waals surface area contributed by atoms with Gasteiger partial charge in [0.1, 0.15) is 0 Å². The van der Waals surface area contributed by atoms with Crippen molar-refractivity contribution in [3.8, 4) is 0 Å². The summed E-state index contributed by atoms with van der Waals surface area (Å²) in [5.41, 5.74) is 0.831. The molecule has 1 aromatic rings. The fourth-order valence-corrected chi connectivity index (χ4v) is 3.89. The molecular weight excluding hydrogens is 294 g/mol. The lowest BCUT2D eigenvalue weighted by Crippen LogP contribution is -2.58. The Morgan fingerprint density at radius 2 is 2.35 bits per heavy atom. The van der Waals surface area contributed by atoms with Gasteiger partial charge in [-0.1, -0.05) is 5.21 Å². The second-order valence-corrected chi connectivity index (χ2v) is 7.11. The summed E-state index contributed by atoms with van der Waals surface area (Å²) in [6, 6.07) is 0.634. The maximum Gasteiger partial charge on any atom is 0.224 e. The van der Waals surface area contributed by atoms with Crippen LogP contribution in [0.3, 0.4) is 0 Å². The van der Waals surface area contributed by atoms with Crippen LogP contribution in [0.15, 0.2) is 6.20 Å². The van der Waals surface area contributed by atoms with Crippen LogP contribution in [-0.2, 0) is 17.8 Å². The van der Waals surface area contributed by atoms with Crippen LogP contribution in [0.2, 0.25) is 0 Å². The smallest absolute Gasteiger partial charge is 0.224 e. The minimum atomic E-state index is 0.100. The number of aliphatic hydroxyl groups excluding tert-OH is 1. The number of fused-ring (bicyclic) bond motifs is 3. The number of nitrogens with one attached hydrogen (secondary N) is 1. The first-order chi connectivity index (χ1) is 11.1. The first kappa shape index (κ1) is 16.4. The van der Waals surface area contributed by atoms with Crippen LogP contribution in [0.1, 0.15) is 32.4 Å². The summed E-state index contributed by atoms with van der Waals surface area (Å²) >= 11 is 0. The van der Waals surface area contributed by atoms with Crippen molar-refractivity contribution in [1.82, 2.24) is 25.2 Å². The maximum atomic E-state index is 12.3. The summed E-state index contributed by atoms with van der Waals surface area (Å²) in [5, 5.41) is 20.3. The molecule has 7 heteroatoms. The lowest BCUT2D eigenvalue weighted by Gasteiger charge is -2.49. The molecule has 1 amide bonds. The molecule has 3 fully saturated rings. The van der Waals surface area contributed by atoms with Crippen molar-refractivity contribution in [2.75, 3.05) is 19.7 Å². The molecular formula is C16H27N5O2. The van der Waals surface area contributed by atoms with Crippen LogP contribution in [0, 0.1) is 11.8 Å². The fourth-order valence-electron chi connectivity index (χ4n) is 3.89. The van der Waals surface area contributed by atoms with Gasteiger partial charge in [0.15, 0.2) is 0 Å². The second-order valence-electron chi connectivity index (χ2n) is 7.11. The summed E-state index contributed by atoms with van der Waals surface area (Å²) in [6.07, 6.45) is 4.63. The third-order valence-corrected chi connectivity index (χ3v) is 5.00. The van der Waals surface area contributed by atoms with Gasteiger partial charge in [0.05, 0.1) is 18.2 Å². The summed E-state index contributed by atoms with van der Waals surface area (Å²) in [6.45, 7) is 6.86. The highest BCUT2D eigenvalue weighted by Crippen LogP contribution is 2.36. The SMILES string of the molecule is CC(C)NC(=O)[C@H]1CN2CC[C@@H]1C[C@@H]2Cn1cc(CCO)nn1. The monoisotopic (exact) mass is 321 g/mol. The molecule has 0 aromatic carbocycles. The Hall–Kier alpha value is -1.47. The third-order valence-electron chi connectivity index (χ3n) is 5.00. The summed E-state index contributed by atoms with van der Waals surface area (Å²) in [7, 11) is 0. The molecule has 3 aliphatic heterocycles. The zero-order valence-corrected chi connectivity index (χ0v) is 14.0. The molecule has 23 heavy (non-hydrogen) atoms. The van der Waals surface area contributed by atoms with Crippen LogP contribution in [0.25, 0.3) is 0 Å². The molecule has 0 saturated carbocycles. The van der Waals surface area contributed by atoms with Crippen LogP contribution in [0.5, 0.6) is 0 Å². The van der Waals surface area contributed by atoms with Gasteiger partial charge in [-0.3, -0.25) is 14.4 Å². The fraction of sp³-hybridized carbons (Fsp3) is 0.812. The van der Waals surface area contributed by atoms with Crippen molar-refractivity contribution in [3.63, 3.8) is 0 Å². The zero-order chi connectivity index (χ0) is 16.4. The van der Waals surface area contributed by atoms with Crippen molar-refractivity contribution in [2.45, 2.75) is 51.7 Å². The van der Waals surface area contributed by atoms with Gasteiger partial charge in [-0.2, -0.15) is 0 Å². The molecule has 4 atom stereocenters. The van der Waals surface area contributed by atoms with Gasteiger partial charge in [-0.25, -0.2) is 0 Å². The van der Waals surface area contributed by atoms with Crippen LogP contribution < -0.4 is 5.32 Å². The predicted molar refractivity (Wildman–Crippen MR) is 85.7 cm³/mol. The van der Waals surface area contributed by atoms with Crippen molar-refractivity contribution >= 4 is 5.91 Å². The molecule has 4 heterocycles. The second kappa shape index (κ2) is 6.97. The maximum absolute atomic E-state index is 12.3. The van der Waals surface area contributed by atoms with Gasteiger partial charge in [0, 0.05) is 37.9 Å². The highest BCUT2D eigenvalue weighted by Gasteiger charge is 2.43. The molecule has 4 rings (SSSR count). The van der Waals surface area contributed by atoms with Crippen LogP contribution >= 0.6 is 0 Å². The van der Waals surface area contributed by atoms with E-state index in [1.807, 2.05) is 24.7 Å². The van der Waals surface area contributed by atoms with Gasteiger partial charge in [-0.15, -0.1) is 5.10 Å². The quantitative estimate of drug-likeness (QED) is 0.773. The zero-order valence-electron chi connectivity index (χ0n) is 14.0. The van der Waals surface area contributed by atoms with Gasteiger partial charge in [0.2, 0.25) is 5.91 Å². The van der Waals surface area contributed by atoms with E-state index in [0.29, 0.717) is 18.4 Å². The van der Waals surface area contributed by atoms with Gasteiger partial charge < -0.3 is 10.4 Å². The van der Waals surface area contributed by atoms with Crippen molar-refractivity contribution in [3.05, 3.63) is 11.9 Å². The number of hydrogen-bond acceptors (Lipinski definition) is 5. The number of carbonyl (C=O) groups excluding carboxylic acids is 1. The van der Waals surface area contributed by atoms with Crippen LogP contribution in [0.4, 0.5) is 0 Å². The summed E-state index contributed by atoms with van der Waals surface area (Å²) in [4.78, 5) is 14.8. The molecule has 7 nitrogen and oxygen atoms in total. The van der Waals surface area contributed by atoms with Gasteiger partial charge >= 0.3 is 0 Å². The Morgan fingerprint density at radius 1 is 1.52 bits per heavy atom. The lowest BCUT2D eigenvalue weighted by atomic mass is 9.75. The molecule has 3 saturated heterocycles. The van der Waals surface area contributed by atoms with Crippen molar-refractivity contribution in [2.24, 2.45) is 11.8 Å². The average molecular weight is 321 g/mol. The standard InChI is InChI=1S/C16H27N5O2/c1-11(2)17-16(23)15-10-20-5-3-12(15)7-14(20)9-21-8-13(4-6-22)18-19-21/h8,11-12,14-15,22H,3-7,9-10H2,1-2H3,(H,17,23)/t12-,14-,15+/m1/s1. The van der Waals surface area contributed by atoms with E-state index in [4.69, 9.17) is 5.11 Å². The van der Waals surface area contributed by atoms with E-state index in [0.717, 1.165) is 38.2 Å². The molecule has 0 spiro atoms. The number of carbonyl (C=O) groups is 1. The van der Waals surface area contributed by atoms with Gasteiger partial charge in [0.25, 0.3) is 0 Å². The Labute approximate surface area is 137 Å². The Balaban J connectivity index is 1.59. The first-order valence-electron chi connectivity index (χ1n) is 8.61. The van der Waals surface area contributed by atoms with Crippen molar-refractivity contribution in [1.29, 1.82) is 0 Å². The Kier molecular flexibility index (Phi) is 4.96. The predicted octanol–water partition coefficient (Wildman–Crippen LogP) is 0.0479. The van der Waals surface area contributed by atoms with E-state index in [1.54, 1.807) is 0 Å². The number of aliphatic hydroxyl groups is 1. The van der Waals surface area contributed by atoms with E-state index in [1.165, 1.54) is 0 Å². The Bertz CT molecular complexity index is 544. The molecule has 2 N–H and O–H groups in total. The number of amides is 1. The van der Waals surface area contributed by atoms with Gasteiger partial charge in [-0.05, 0) is 39.2 Å². The minimum Gasteiger partial charge on any atom is -0.396 e. The average Bonchev–Trinajstić information content (AvgIpc) is 2.95. The number of nitrogens with zero attached hydrogens (tertiary/aromatic N) is 4. The number of piperidine rings is 3. The molecule has 1 aromatic heterocycles. The number of rotatable bonds is 6. The molecule has 0 radical (unpaired) electrons. The van der Waals surface area contributed by atoms with Crippen LogP contribution in [-0.4, -0.2) is 62.7 Å². The van der Waals surface area contributed by atoms with E-state index < -0.39 is 0 Å². The lowest BCUT2D eigenvalue weighted by molar-refractivity contribution is -0.133. The molecule has 2 bridgehead atoms. The Morgan fingerprint density at radius 3 is 3.00 bits per heavy atom. The third kappa shape index (κ3) is 3.72. The van der Waals surface area contributed by atoms with E-state index in [-0.39, 0.29) is 24.5 Å². The molecule has 3 aliphatic rings. The topological polar surface area (TPSA) is 83.3 Å². The first-order valence-corrected chi connectivity index (χ1v) is 8.61. The van der Waals surface area contributed by atoms with Crippen molar-refractivity contribution < 1.29 is 9.90 Å². The molecule has 128 valence electrons. The minimum absolute atomic E-state index is 0.100. The van der Waals surface area contributed by atoms with E-state index >= 15 is 0 Å². The molecule has 1 unspecified atom stereocenters.